The monoisotopic (exact) mass is 410 g/mol. The summed E-state index contributed by atoms with van der Waals surface area (Å²) in [7, 11) is 0. The number of aromatic nitrogens is 2. The Kier molecular flexibility index (Phi) is 4.71. The van der Waals surface area contributed by atoms with Gasteiger partial charge in [-0.05, 0) is 43.2 Å². The summed E-state index contributed by atoms with van der Waals surface area (Å²) in [6.45, 7) is 1.25. The van der Waals surface area contributed by atoms with Crippen molar-refractivity contribution in [2.45, 2.75) is 37.1 Å². The lowest BCUT2D eigenvalue weighted by Gasteiger charge is -2.39. The predicted octanol–water partition coefficient (Wildman–Crippen LogP) is 4.70. The molecule has 1 spiro atoms. The molecule has 1 saturated heterocycles. The first-order valence-electron chi connectivity index (χ1n) is 9.99. The second-order valence-corrected chi connectivity index (χ2v) is 8.24. The van der Waals surface area contributed by atoms with E-state index in [1.54, 1.807) is 0 Å². The number of halogens is 1. The lowest BCUT2D eigenvalue weighted by Crippen LogP contribution is -2.42. The van der Waals surface area contributed by atoms with Crippen molar-refractivity contribution in [3.8, 4) is 16.9 Å². The molecule has 3 aromatic rings. The molecule has 0 atom stereocenters. The molecule has 5 rings (SSSR count). The second kappa shape index (κ2) is 7.26. The number of aliphatic hydroxyl groups is 1. The summed E-state index contributed by atoms with van der Waals surface area (Å²) in [4.78, 5) is 0. The van der Waals surface area contributed by atoms with E-state index in [1.165, 1.54) is 0 Å². The fourth-order valence-corrected chi connectivity index (χ4v) is 4.41. The van der Waals surface area contributed by atoms with E-state index >= 15 is 0 Å². The SMILES string of the molecule is OC1(c2cc(-c3ccc(Cl)cc3)n(-c3ccccc3)n2)CCC2(CC1)OCCO2. The van der Waals surface area contributed by atoms with Gasteiger partial charge in [0.05, 0.1) is 30.3 Å². The maximum absolute atomic E-state index is 11.5. The average Bonchev–Trinajstić information content (AvgIpc) is 3.40. The van der Waals surface area contributed by atoms with E-state index in [0.717, 1.165) is 16.9 Å². The van der Waals surface area contributed by atoms with Gasteiger partial charge < -0.3 is 14.6 Å². The second-order valence-electron chi connectivity index (χ2n) is 7.81. The van der Waals surface area contributed by atoms with E-state index in [4.69, 9.17) is 26.2 Å². The molecule has 0 radical (unpaired) electrons. The van der Waals surface area contributed by atoms with Crippen LogP contribution >= 0.6 is 11.6 Å². The minimum atomic E-state index is -0.998. The molecule has 2 aliphatic rings. The zero-order valence-electron chi connectivity index (χ0n) is 16.1. The van der Waals surface area contributed by atoms with Crippen molar-refractivity contribution in [2.75, 3.05) is 13.2 Å². The number of hydrogen-bond donors (Lipinski definition) is 1. The van der Waals surface area contributed by atoms with E-state index in [1.807, 2.05) is 65.3 Å². The van der Waals surface area contributed by atoms with Gasteiger partial charge in [-0.15, -0.1) is 0 Å². The lowest BCUT2D eigenvalue weighted by molar-refractivity contribution is -0.204. The van der Waals surface area contributed by atoms with Crippen LogP contribution in [0.15, 0.2) is 60.7 Å². The first kappa shape index (κ1) is 18.8. The van der Waals surface area contributed by atoms with Crippen molar-refractivity contribution >= 4 is 11.6 Å². The molecule has 2 aromatic carbocycles. The van der Waals surface area contributed by atoms with Gasteiger partial charge in [0.25, 0.3) is 0 Å². The highest BCUT2D eigenvalue weighted by atomic mass is 35.5. The molecule has 1 aliphatic carbocycles. The molecule has 2 fully saturated rings. The number of para-hydroxylation sites is 1. The Morgan fingerprint density at radius 1 is 0.897 bits per heavy atom. The highest BCUT2D eigenvalue weighted by Crippen LogP contribution is 2.45. The highest BCUT2D eigenvalue weighted by molar-refractivity contribution is 6.30. The van der Waals surface area contributed by atoms with Crippen molar-refractivity contribution in [3.63, 3.8) is 0 Å². The normalized spacial score (nSPS) is 20.2. The van der Waals surface area contributed by atoms with Crippen LogP contribution in [0.1, 0.15) is 31.4 Å². The molecule has 1 aromatic heterocycles. The van der Waals surface area contributed by atoms with Crippen LogP contribution in [0.25, 0.3) is 16.9 Å². The third-order valence-corrected chi connectivity index (χ3v) is 6.23. The van der Waals surface area contributed by atoms with Crippen LogP contribution in [0, 0.1) is 0 Å². The Morgan fingerprint density at radius 3 is 2.21 bits per heavy atom. The minimum absolute atomic E-state index is 0.521. The molecule has 1 N–H and O–H groups in total. The Morgan fingerprint density at radius 2 is 1.55 bits per heavy atom. The third-order valence-electron chi connectivity index (χ3n) is 5.98. The lowest BCUT2D eigenvalue weighted by atomic mass is 9.79. The van der Waals surface area contributed by atoms with Crippen LogP contribution in [-0.4, -0.2) is 33.9 Å². The summed E-state index contributed by atoms with van der Waals surface area (Å²) in [5.41, 5.74) is 2.54. The van der Waals surface area contributed by atoms with E-state index in [9.17, 15) is 5.11 Å². The largest absolute Gasteiger partial charge is 0.383 e. The minimum Gasteiger partial charge on any atom is -0.383 e. The van der Waals surface area contributed by atoms with Crippen molar-refractivity contribution < 1.29 is 14.6 Å². The molecule has 29 heavy (non-hydrogen) atoms. The molecular weight excluding hydrogens is 388 g/mol. The van der Waals surface area contributed by atoms with Crippen LogP contribution in [0.5, 0.6) is 0 Å². The molecular formula is C23H23ClN2O3. The number of benzene rings is 2. The van der Waals surface area contributed by atoms with Crippen molar-refractivity contribution in [2.24, 2.45) is 0 Å². The first-order valence-corrected chi connectivity index (χ1v) is 10.4. The number of hydrogen-bond acceptors (Lipinski definition) is 4. The highest BCUT2D eigenvalue weighted by Gasteiger charge is 2.47. The van der Waals surface area contributed by atoms with Gasteiger partial charge in [-0.2, -0.15) is 5.10 Å². The number of ether oxygens (including phenoxy) is 2. The fraction of sp³-hybridized carbons (Fsp3) is 0.348. The molecule has 150 valence electrons. The van der Waals surface area contributed by atoms with Gasteiger partial charge in [-0.3, -0.25) is 0 Å². The quantitative estimate of drug-likeness (QED) is 0.680. The standard InChI is InChI=1S/C23H23ClN2O3/c24-18-8-6-17(7-9-18)20-16-21(25-26(20)19-4-2-1-3-5-19)22(27)10-12-23(13-11-22)28-14-15-29-23/h1-9,16,27H,10-15H2. The maximum Gasteiger partial charge on any atom is 0.168 e. The van der Waals surface area contributed by atoms with Crippen molar-refractivity contribution in [1.29, 1.82) is 0 Å². The summed E-state index contributed by atoms with van der Waals surface area (Å²) in [5, 5.41) is 17.0. The van der Waals surface area contributed by atoms with Crippen molar-refractivity contribution in [1.82, 2.24) is 9.78 Å². The maximum atomic E-state index is 11.5. The smallest absolute Gasteiger partial charge is 0.168 e. The molecule has 0 unspecified atom stereocenters. The molecule has 6 heteroatoms. The van der Waals surface area contributed by atoms with E-state index < -0.39 is 11.4 Å². The summed E-state index contributed by atoms with van der Waals surface area (Å²) in [6.07, 6.45) is 2.44. The number of nitrogens with zero attached hydrogens (tertiary/aromatic N) is 2. The van der Waals surface area contributed by atoms with E-state index in [0.29, 0.717) is 49.6 Å². The Balaban J connectivity index is 1.53. The van der Waals surface area contributed by atoms with Gasteiger partial charge in [0.2, 0.25) is 0 Å². The van der Waals surface area contributed by atoms with Gasteiger partial charge in [-0.1, -0.05) is 41.9 Å². The molecule has 1 aliphatic heterocycles. The Hall–Kier alpha value is -2.18. The summed E-state index contributed by atoms with van der Waals surface area (Å²) in [6, 6.07) is 19.6. The van der Waals surface area contributed by atoms with Crippen LogP contribution < -0.4 is 0 Å². The van der Waals surface area contributed by atoms with Crippen LogP contribution in [0.4, 0.5) is 0 Å². The summed E-state index contributed by atoms with van der Waals surface area (Å²) in [5.74, 6) is -0.521. The summed E-state index contributed by atoms with van der Waals surface area (Å²) < 4.78 is 13.5. The topological polar surface area (TPSA) is 56.5 Å². The average molecular weight is 411 g/mol. The van der Waals surface area contributed by atoms with E-state index in [2.05, 4.69) is 0 Å². The zero-order chi connectivity index (χ0) is 19.9. The molecule has 2 heterocycles. The molecule has 5 nitrogen and oxygen atoms in total. The number of rotatable bonds is 3. The van der Waals surface area contributed by atoms with Gasteiger partial charge in [0, 0.05) is 23.4 Å². The third kappa shape index (κ3) is 3.49. The van der Waals surface area contributed by atoms with Gasteiger partial charge in [0.1, 0.15) is 5.60 Å². The van der Waals surface area contributed by atoms with E-state index in [-0.39, 0.29) is 0 Å². The van der Waals surface area contributed by atoms with Crippen LogP contribution in [0.2, 0.25) is 5.02 Å². The van der Waals surface area contributed by atoms with Crippen molar-refractivity contribution in [3.05, 3.63) is 71.4 Å². The van der Waals surface area contributed by atoms with Gasteiger partial charge in [-0.25, -0.2) is 4.68 Å². The zero-order valence-corrected chi connectivity index (χ0v) is 16.8. The fourth-order valence-electron chi connectivity index (χ4n) is 4.29. The molecule has 0 bridgehead atoms. The Labute approximate surface area is 174 Å². The molecule has 0 amide bonds. The van der Waals surface area contributed by atoms with Crippen LogP contribution in [0.3, 0.4) is 0 Å². The predicted molar refractivity (Wildman–Crippen MR) is 111 cm³/mol. The van der Waals surface area contributed by atoms with Crippen LogP contribution in [-0.2, 0) is 15.1 Å². The van der Waals surface area contributed by atoms with Gasteiger partial charge in [0.15, 0.2) is 5.79 Å². The van der Waals surface area contributed by atoms with Gasteiger partial charge >= 0.3 is 0 Å². The Bertz CT molecular complexity index is 985. The molecule has 1 saturated carbocycles. The summed E-state index contributed by atoms with van der Waals surface area (Å²) >= 11 is 6.08. The first-order chi connectivity index (χ1) is 14.1.